The van der Waals surface area contributed by atoms with E-state index in [1.165, 1.54) is 25.9 Å². The van der Waals surface area contributed by atoms with Crippen LogP contribution in [0.25, 0.3) is 0 Å². The van der Waals surface area contributed by atoms with Gasteiger partial charge in [0, 0.05) is 19.2 Å². The monoisotopic (exact) mass is 401 g/mol. The van der Waals surface area contributed by atoms with E-state index in [0.717, 1.165) is 36.3 Å². The minimum Gasteiger partial charge on any atom is -0.492 e. The Morgan fingerprint density at radius 2 is 1.66 bits per heavy atom. The number of para-hydroxylation sites is 1. The van der Waals surface area contributed by atoms with E-state index in [-0.39, 0.29) is 0 Å². The second-order valence-electron chi connectivity index (χ2n) is 6.90. The fourth-order valence-corrected chi connectivity index (χ4v) is 3.03. The van der Waals surface area contributed by atoms with E-state index in [9.17, 15) is 0 Å². The van der Waals surface area contributed by atoms with Crippen molar-refractivity contribution in [2.45, 2.75) is 19.8 Å². The Hall–Kier alpha value is -3.06. The highest BCUT2D eigenvalue weighted by Crippen LogP contribution is 2.25. The Morgan fingerprint density at radius 1 is 1.00 bits per heavy atom. The molecule has 1 aliphatic rings. The smallest absolute Gasteiger partial charge is 0.414 e. The molecule has 7 heteroatoms. The van der Waals surface area contributed by atoms with Crippen LogP contribution in [0.5, 0.6) is 17.2 Å². The molecular weight excluding hydrogens is 374 g/mol. The van der Waals surface area contributed by atoms with Crippen molar-refractivity contribution in [3.63, 3.8) is 0 Å². The van der Waals surface area contributed by atoms with Crippen LogP contribution < -0.4 is 9.47 Å². The van der Waals surface area contributed by atoms with Crippen molar-refractivity contribution in [2.24, 2.45) is 5.92 Å². The number of hydrogen-bond acceptors (Lipinski definition) is 5. The SMILES string of the molecule is CC1CCCN(CCOc2cccc(Oc3ccccc3)c2)C1.O=C(O)C(=O)O. The van der Waals surface area contributed by atoms with Crippen LogP contribution >= 0.6 is 0 Å². The Kier molecular flexibility index (Phi) is 8.98. The van der Waals surface area contributed by atoms with E-state index in [4.69, 9.17) is 29.3 Å². The molecule has 1 saturated heterocycles. The molecule has 1 aliphatic heterocycles. The van der Waals surface area contributed by atoms with Gasteiger partial charge in [-0.3, -0.25) is 4.90 Å². The molecule has 0 amide bonds. The van der Waals surface area contributed by atoms with E-state index in [1.54, 1.807) is 0 Å². The summed E-state index contributed by atoms with van der Waals surface area (Å²) < 4.78 is 11.7. The summed E-state index contributed by atoms with van der Waals surface area (Å²) in [6, 6.07) is 17.7. The van der Waals surface area contributed by atoms with Gasteiger partial charge in [-0.05, 0) is 49.6 Å². The molecule has 0 bridgehead atoms. The predicted octanol–water partition coefficient (Wildman–Crippen LogP) is 3.75. The van der Waals surface area contributed by atoms with Gasteiger partial charge >= 0.3 is 11.9 Å². The van der Waals surface area contributed by atoms with Crippen molar-refractivity contribution < 1.29 is 29.3 Å². The maximum absolute atomic E-state index is 9.10. The van der Waals surface area contributed by atoms with Crippen LogP contribution in [-0.2, 0) is 9.59 Å². The second kappa shape index (κ2) is 11.7. The topological polar surface area (TPSA) is 96.3 Å². The molecule has 0 aromatic heterocycles. The van der Waals surface area contributed by atoms with Crippen molar-refractivity contribution in [2.75, 3.05) is 26.2 Å². The summed E-state index contributed by atoms with van der Waals surface area (Å²) in [5.41, 5.74) is 0. The predicted molar refractivity (Wildman–Crippen MR) is 109 cm³/mol. The highest BCUT2D eigenvalue weighted by Gasteiger charge is 2.15. The Balaban J connectivity index is 0.000000438. The Labute approximate surface area is 170 Å². The average Bonchev–Trinajstić information content (AvgIpc) is 2.70. The molecule has 0 spiro atoms. The van der Waals surface area contributed by atoms with Gasteiger partial charge in [0.05, 0.1) is 0 Å². The maximum Gasteiger partial charge on any atom is 0.414 e. The first kappa shape index (κ1) is 22.2. The van der Waals surface area contributed by atoms with Gasteiger partial charge in [0.15, 0.2) is 0 Å². The summed E-state index contributed by atoms with van der Waals surface area (Å²) in [6.45, 7) is 6.44. The third-order valence-corrected chi connectivity index (χ3v) is 4.38. The molecule has 29 heavy (non-hydrogen) atoms. The van der Waals surface area contributed by atoms with Crippen molar-refractivity contribution in [3.05, 3.63) is 54.6 Å². The van der Waals surface area contributed by atoms with Crippen molar-refractivity contribution in [1.82, 2.24) is 4.90 Å². The van der Waals surface area contributed by atoms with Gasteiger partial charge in [-0.25, -0.2) is 9.59 Å². The standard InChI is InChI=1S/C20H25NO2.C2H2O4/c1-17-7-6-12-21(16-17)13-14-22-19-10-5-11-20(15-19)23-18-8-3-2-4-9-18;3-1(4)2(5)6/h2-5,8-11,15,17H,6-7,12-14,16H2,1H3;(H,3,4)(H,5,6). The summed E-state index contributed by atoms with van der Waals surface area (Å²) in [7, 11) is 0. The second-order valence-corrected chi connectivity index (χ2v) is 6.90. The van der Waals surface area contributed by atoms with Gasteiger partial charge < -0.3 is 19.7 Å². The molecular formula is C22H27NO6. The minimum absolute atomic E-state index is 0.724. The van der Waals surface area contributed by atoms with Crippen LogP contribution in [0.3, 0.4) is 0 Å². The third-order valence-electron chi connectivity index (χ3n) is 4.38. The van der Waals surface area contributed by atoms with Crippen LogP contribution in [0.15, 0.2) is 54.6 Å². The van der Waals surface area contributed by atoms with Crippen LogP contribution in [0.2, 0.25) is 0 Å². The molecule has 7 nitrogen and oxygen atoms in total. The number of carboxylic acids is 2. The van der Waals surface area contributed by atoms with Crippen molar-refractivity contribution >= 4 is 11.9 Å². The number of carboxylic acid groups (broad SMARTS) is 2. The summed E-state index contributed by atoms with van der Waals surface area (Å²) >= 11 is 0. The minimum atomic E-state index is -1.82. The van der Waals surface area contributed by atoms with Gasteiger partial charge in [0.1, 0.15) is 23.9 Å². The quantitative estimate of drug-likeness (QED) is 0.712. The maximum atomic E-state index is 9.10. The van der Waals surface area contributed by atoms with Crippen LogP contribution in [0.4, 0.5) is 0 Å². The highest BCUT2D eigenvalue weighted by molar-refractivity contribution is 6.27. The molecule has 1 atom stereocenters. The lowest BCUT2D eigenvalue weighted by atomic mass is 10.0. The van der Waals surface area contributed by atoms with Gasteiger partial charge in [-0.15, -0.1) is 0 Å². The molecule has 1 fully saturated rings. The first-order valence-electron chi connectivity index (χ1n) is 9.58. The van der Waals surface area contributed by atoms with Crippen LogP contribution in [-0.4, -0.2) is 53.3 Å². The van der Waals surface area contributed by atoms with Crippen molar-refractivity contribution in [3.8, 4) is 17.2 Å². The van der Waals surface area contributed by atoms with E-state index < -0.39 is 11.9 Å². The van der Waals surface area contributed by atoms with Crippen molar-refractivity contribution in [1.29, 1.82) is 0 Å². The lowest BCUT2D eigenvalue weighted by Gasteiger charge is -2.30. The van der Waals surface area contributed by atoms with Gasteiger partial charge in [0.25, 0.3) is 0 Å². The largest absolute Gasteiger partial charge is 0.492 e. The number of hydrogen-bond donors (Lipinski definition) is 2. The zero-order valence-corrected chi connectivity index (χ0v) is 16.5. The molecule has 156 valence electrons. The fourth-order valence-electron chi connectivity index (χ4n) is 3.03. The lowest BCUT2D eigenvalue weighted by molar-refractivity contribution is -0.159. The number of nitrogens with zero attached hydrogens (tertiary/aromatic N) is 1. The molecule has 2 aromatic rings. The molecule has 2 N–H and O–H groups in total. The number of ether oxygens (including phenoxy) is 2. The lowest BCUT2D eigenvalue weighted by Crippen LogP contribution is -2.37. The molecule has 1 heterocycles. The van der Waals surface area contributed by atoms with E-state index >= 15 is 0 Å². The summed E-state index contributed by atoms with van der Waals surface area (Å²) in [4.78, 5) is 20.7. The Bertz CT molecular complexity index is 768. The normalized spacial score (nSPS) is 16.2. The van der Waals surface area contributed by atoms with E-state index in [2.05, 4.69) is 11.8 Å². The molecule has 3 rings (SSSR count). The van der Waals surface area contributed by atoms with Gasteiger partial charge in [-0.1, -0.05) is 31.2 Å². The van der Waals surface area contributed by atoms with Gasteiger partial charge in [-0.2, -0.15) is 0 Å². The molecule has 0 aliphatic carbocycles. The highest BCUT2D eigenvalue weighted by atomic mass is 16.5. The van der Waals surface area contributed by atoms with E-state index in [0.29, 0.717) is 0 Å². The zero-order valence-electron chi connectivity index (χ0n) is 16.5. The molecule has 1 unspecified atom stereocenters. The number of piperidine rings is 1. The molecule has 0 radical (unpaired) electrons. The number of rotatable bonds is 6. The van der Waals surface area contributed by atoms with Crippen LogP contribution in [0, 0.1) is 5.92 Å². The number of benzene rings is 2. The number of carbonyl (C=O) groups is 2. The fraction of sp³-hybridized carbons (Fsp3) is 0.364. The summed E-state index contributed by atoms with van der Waals surface area (Å²) in [5, 5.41) is 14.8. The first-order valence-corrected chi connectivity index (χ1v) is 9.58. The first-order chi connectivity index (χ1) is 13.9. The summed E-state index contributed by atoms with van der Waals surface area (Å²) in [5.74, 6) is -0.327. The zero-order chi connectivity index (χ0) is 21.1. The average molecular weight is 401 g/mol. The molecule has 2 aromatic carbocycles. The third kappa shape index (κ3) is 8.66. The number of aliphatic carboxylic acids is 2. The number of likely N-dealkylation sites (tertiary alicyclic amines) is 1. The van der Waals surface area contributed by atoms with E-state index in [1.807, 2.05) is 54.6 Å². The van der Waals surface area contributed by atoms with Gasteiger partial charge in [0.2, 0.25) is 0 Å². The summed E-state index contributed by atoms with van der Waals surface area (Å²) in [6.07, 6.45) is 2.66. The Morgan fingerprint density at radius 3 is 2.31 bits per heavy atom. The molecule has 0 saturated carbocycles. The van der Waals surface area contributed by atoms with Crippen LogP contribution in [0.1, 0.15) is 19.8 Å².